The zero-order valence-electron chi connectivity index (χ0n) is 17.4. The maximum Gasteiger partial charge on any atom is 0.317 e. The average Bonchev–Trinajstić information content (AvgIpc) is 2.76. The van der Waals surface area contributed by atoms with Crippen molar-refractivity contribution in [3.63, 3.8) is 0 Å². The summed E-state index contributed by atoms with van der Waals surface area (Å²) < 4.78 is 52.0. The lowest BCUT2D eigenvalue weighted by Gasteiger charge is -2.34. The van der Waals surface area contributed by atoms with Gasteiger partial charge in [-0.15, -0.1) is 0 Å². The van der Waals surface area contributed by atoms with Crippen molar-refractivity contribution in [2.24, 2.45) is 0 Å². The van der Waals surface area contributed by atoms with Crippen molar-refractivity contribution >= 4 is 31.8 Å². The number of amides is 2. The van der Waals surface area contributed by atoms with Gasteiger partial charge in [-0.2, -0.15) is 9.57 Å². The number of anilines is 1. The molecule has 3 rings (SSSR count). The Labute approximate surface area is 187 Å². The second-order valence-electron chi connectivity index (χ2n) is 7.26. The third kappa shape index (κ3) is 5.97. The molecule has 0 bridgehead atoms. The number of rotatable bonds is 6. The first-order valence-corrected chi connectivity index (χ1v) is 13.0. The summed E-state index contributed by atoms with van der Waals surface area (Å²) >= 11 is 0. The molecule has 0 unspecified atom stereocenters. The van der Waals surface area contributed by atoms with Crippen LogP contribution in [-0.4, -0.2) is 64.5 Å². The molecule has 0 saturated carbocycles. The van der Waals surface area contributed by atoms with Gasteiger partial charge >= 0.3 is 6.03 Å². The van der Waals surface area contributed by atoms with Crippen LogP contribution in [-0.2, 0) is 26.6 Å². The monoisotopic (exact) mass is 477 g/mol. The highest BCUT2D eigenvalue weighted by atomic mass is 32.2. The minimum Gasteiger partial charge on any atom is -0.334 e. The van der Waals surface area contributed by atoms with Gasteiger partial charge in [-0.25, -0.2) is 21.6 Å². The van der Waals surface area contributed by atoms with Gasteiger partial charge in [-0.05, 0) is 42.0 Å². The Bertz CT molecular complexity index is 1230. The number of carbonyl (C=O) groups excluding carboxylic acids is 1. The van der Waals surface area contributed by atoms with E-state index in [1.165, 1.54) is 33.5 Å². The molecule has 2 amide bonds. The van der Waals surface area contributed by atoms with Crippen molar-refractivity contribution in [2.45, 2.75) is 11.4 Å². The van der Waals surface area contributed by atoms with E-state index in [1.807, 2.05) is 6.07 Å². The number of nitriles is 1. The molecule has 1 aliphatic rings. The third-order valence-corrected chi connectivity index (χ3v) is 7.34. The van der Waals surface area contributed by atoms with Crippen LogP contribution in [0.3, 0.4) is 0 Å². The van der Waals surface area contributed by atoms with E-state index in [-0.39, 0.29) is 43.7 Å². The quantitative estimate of drug-likeness (QED) is 0.640. The summed E-state index contributed by atoms with van der Waals surface area (Å²) in [7, 11) is -7.10. The summed E-state index contributed by atoms with van der Waals surface area (Å²) in [5, 5.41) is 11.6. The number of sulfonamides is 2. The van der Waals surface area contributed by atoms with Crippen LogP contribution in [0.25, 0.3) is 0 Å². The number of piperazine rings is 1. The molecule has 2 N–H and O–H groups in total. The van der Waals surface area contributed by atoms with E-state index in [1.54, 1.807) is 24.3 Å². The fraction of sp³-hybridized carbons (Fsp3) is 0.300. The maximum absolute atomic E-state index is 12.8. The van der Waals surface area contributed by atoms with Crippen LogP contribution in [0.5, 0.6) is 0 Å². The topological polar surface area (TPSA) is 140 Å². The van der Waals surface area contributed by atoms with E-state index in [2.05, 4.69) is 10.0 Å². The van der Waals surface area contributed by atoms with Gasteiger partial charge in [-0.1, -0.05) is 12.1 Å². The molecule has 1 aliphatic heterocycles. The Kier molecular flexibility index (Phi) is 7.02. The number of hydrogen-bond acceptors (Lipinski definition) is 6. The van der Waals surface area contributed by atoms with Crippen molar-refractivity contribution in [3.05, 3.63) is 59.7 Å². The van der Waals surface area contributed by atoms with E-state index < -0.39 is 20.0 Å². The van der Waals surface area contributed by atoms with E-state index in [0.717, 1.165) is 6.26 Å². The Morgan fingerprint density at radius 1 is 1.03 bits per heavy atom. The summed E-state index contributed by atoms with van der Waals surface area (Å²) in [5.74, 6) is 0. The molecule has 0 aromatic heterocycles. The molecule has 10 nitrogen and oxygen atoms in total. The average molecular weight is 478 g/mol. The predicted octanol–water partition coefficient (Wildman–Crippen LogP) is 1.15. The van der Waals surface area contributed by atoms with Crippen molar-refractivity contribution in [1.82, 2.24) is 14.5 Å². The zero-order valence-corrected chi connectivity index (χ0v) is 19.0. The van der Waals surface area contributed by atoms with Crippen LogP contribution in [0, 0.1) is 11.3 Å². The normalized spacial score (nSPS) is 15.1. The summed E-state index contributed by atoms with van der Waals surface area (Å²) in [6.07, 6.45) is 1.06. The Hall–Kier alpha value is -3.14. The highest BCUT2D eigenvalue weighted by molar-refractivity contribution is 7.92. The maximum atomic E-state index is 12.8. The molecule has 2 aromatic carbocycles. The smallest absolute Gasteiger partial charge is 0.317 e. The first-order valence-electron chi connectivity index (χ1n) is 9.68. The Balaban J connectivity index is 1.54. The molecule has 2 aromatic rings. The zero-order chi connectivity index (χ0) is 23.4. The summed E-state index contributed by atoms with van der Waals surface area (Å²) in [6, 6.07) is 14.0. The van der Waals surface area contributed by atoms with Gasteiger partial charge in [0.2, 0.25) is 20.0 Å². The molecule has 12 heteroatoms. The summed E-state index contributed by atoms with van der Waals surface area (Å²) in [5.41, 5.74) is 1.50. The van der Waals surface area contributed by atoms with Crippen molar-refractivity contribution in [1.29, 1.82) is 5.26 Å². The molecule has 0 spiro atoms. The van der Waals surface area contributed by atoms with Gasteiger partial charge in [-0.3, -0.25) is 4.72 Å². The Morgan fingerprint density at radius 2 is 1.69 bits per heavy atom. The van der Waals surface area contributed by atoms with Gasteiger partial charge in [0.05, 0.1) is 22.8 Å². The Morgan fingerprint density at radius 3 is 2.28 bits per heavy atom. The molecule has 0 radical (unpaired) electrons. The molecule has 0 aliphatic carbocycles. The number of nitrogens with zero attached hydrogens (tertiary/aromatic N) is 3. The van der Waals surface area contributed by atoms with Crippen LogP contribution in [0.15, 0.2) is 53.4 Å². The highest BCUT2D eigenvalue weighted by Crippen LogP contribution is 2.18. The first kappa shape index (κ1) is 23.5. The predicted molar refractivity (Wildman–Crippen MR) is 119 cm³/mol. The van der Waals surface area contributed by atoms with Crippen molar-refractivity contribution in [3.8, 4) is 6.07 Å². The molecule has 0 atom stereocenters. The lowest BCUT2D eigenvalue weighted by atomic mass is 10.2. The molecule has 1 saturated heterocycles. The van der Waals surface area contributed by atoms with Crippen LogP contribution in [0.2, 0.25) is 0 Å². The van der Waals surface area contributed by atoms with Crippen LogP contribution >= 0.6 is 0 Å². The van der Waals surface area contributed by atoms with Gasteiger partial charge < -0.3 is 10.2 Å². The van der Waals surface area contributed by atoms with E-state index in [0.29, 0.717) is 16.8 Å². The van der Waals surface area contributed by atoms with Crippen molar-refractivity contribution in [2.75, 3.05) is 37.2 Å². The van der Waals surface area contributed by atoms with E-state index >= 15 is 0 Å². The van der Waals surface area contributed by atoms with Gasteiger partial charge in [0.25, 0.3) is 0 Å². The van der Waals surface area contributed by atoms with Crippen LogP contribution in [0.1, 0.15) is 11.1 Å². The lowest BCUT2D eigenvalue weighted by molar-refractivity contribution is 0.172. The number of hydrogen-bond donors (Lipinski definition) is 2. The van der Waals surface area contributed by atoms with Gasteiger partial charge in [0.15, 0.2) is 0 Å². The fourth-order valence-corrected chi connectivity index (χ4v) is 5.21. The van der Waals surface area contributed by atoms with Crippen LogP contribution in [0.4, 0.5) is 10.5 Å². The van der Waals surface area contributed by atoms with E-state index in [9.17, 15) is 21.6 Å². The standard InChI is InChI=1S/C20H23N5O5S2/c1-31(27,28)23-18-4-2-3-17(13-18)15-22-20(26)24-9-11-25(12-10-24)32(29,30)19-7-5-16(14-21)6-8-19/h2-8,13,23H,9-12,15H2,1H3,(H,22,26). The summed E-state index contributed by atoms with van der Waals surface area (Å²) in [6.45, 7) is 0.975. The van der Waals surface area contributed by atoms with Gasteiger partial charge in [0.1, 0.15) is 0 Å². The molecular formula is C20H23N5O5S2. The molecule has 1 fully saturated rings. The van der Waals surface area contributed by atoms with E-state index in [4.69, 9.17) is 5.26 Å². The molecule has 170 valence electrons. The summed E-state index contributed by atoms with van der Waals surface area (Å²) in [4.78, 5) is 14.1. The van der Waals surface area contributed by atoms with Gasteiger partial charge in [0, 0.05) is 38.4 Å². The highest BCUT2D eigenvalue weighted by Gasteiger charge is 2.30. The third-order valence-electron chi connectivity index (χ3n) is 4.82. The SMILES string of the molecule is CS(=O)(=O)Nc1cccc(CNC(=O)N2CCN(S(=O)(=O)c3ccc(C#N)cc3)CC2)c1. The lowest BCUT2D eigenvalue weighted by Crippen LogP contribution is -2.52. The van der Waals surface area contributed by atoms with Crippen molar-refractivity contribution < 1.29 is 21.6 Å². The second-order valence-corrected chi connectivity index (χ2v) is 10.9. The number of urea groups is 1. The van der Waals surface area contributed by atoms with Crippen LogP contribution < -0.4 is 10.0 Å². The number of nitrogens with one attached hydrogen (secondary N) is 2. The minimum absolute atomic E-state index is 0.108. The molecular weight excluding hydrogens is 454 g/mol. The molecule has 32 heavy (non-hydrogen) atoms. The second kappa shape index (κ2) is 9.56. The number of benzene rings is 2. The largest absolute Gasteiger partial charge is 0.334 e. The minimum atomic E-state index is -3.70. The number of carbonyl (C=O) groups is 1. The first-order chi connectivity index (χ1) is 15.1. The fourth-order valence-electron chi connectivity index (χ4n) is 3.23. The molecule has 1 heterocycles.